The van der Waals surface area contributed by atoms with Crippen LogP contribution in [0.4, 0.5) is 18.0 Å². The molecule has 0 spiro atoms. The number of nitrogens with zero attached hydrogens (tertiary/aromatic N) is 2. The van der Waals surface area contributed by atoms with Crippen LogP contribution in [0.3, 0.4) is 0 Å². The highest BCUT2D eigenvalue weighted by molar-refractivity contribution is 5.74. The number of urea groups is 1. The van der Waals surface area contributed by atoms with Gasteiger partial charge in [-0.2, -0.15) is 13.2 Å². The number of halogens is 3. The number of nitrogens with one attached hydrogen (secondary N) is 1. The van der Waals surface area contributed by atoms with Crippen molar-refractivity contribution in [2.75, 3.05) is 26.7 Å². The summed E-state index contributed by atoms with van der Waals surface area (Å²) in [5.74, 6) is 0.683. The normalized spacial score (nSPS) is 16.6. The number of hydrogen-bond acceptors (Lipinski definition) is 4. The van der Waals surface area contributed by atoms with Gasteiger partial charge in [-0.3, -0.25) is 0 Å². The van der Waals surface area contributed by atoms with Crippen molar-refractivity contribution in [3.05, 3.63) is 53.7 Å². The van der Waals surface area contributed by atoms with Crippen molar-refractivity contribution in [2.24, 2.45) is 0 Å². The molecule has 0 radical (unpaired) electrons. The van der Waals surface area contributed by atoms with Crippen LogP contribution in [0.15, 0.2) is 42.6 Å². The van der Waals surface area contributed by atoms with Crippen molar-refractivity contribution < 1.29 is 27.4 Å². The largest absolute Gasteiger partial charge is 0.497 e. The summed E-state index contributed by atoms with van der Waals surface area (Å²) in [5.41, 5.74) is 0.262. The quantitative estimate of drug-likeness (QED) is 0.793. The van der Waals surface area contributed by atoms with E-state index in [0.717, 1.165) is 29.6 Å². The molecule has 2 amide bonds. The lowest BCUT2D eigenvalue weighted by Crippen LogP contribution is -2.40. The summed E-state index contributed by atoms with van der Waals surface area (Å²) in [6.07, 6.45) is -2.57. The molecule has 156 valence electrons. The van der Waals surface area contributed by atoms with E-state index in [1.54, 1.807) is 12.0 Å². The Kier molecular flexibility index (Phi) is 6.46. The van der Waals surface area contributed by atoms with Crippen LogP contribution in [0.5, 0.6) is 11.6 Å². The second kappa shape index (κ2) is 9.02. The van der Waals surface area contributed by atoms with Crippen molar-refractivity contribution in [1.82, 2.24) is 15.2 Å². The molecular weight excluding hydrogens is 387 g/mol. The number of aromatic nitrogens is 1. The van der Waals surface area contributed by atoms with Crippen molar-refractivity contribution in [3.8, 4) is 11.6 Å². The second-order valence-corrected chi connectivity index (χ2v) is 6.69. The van der Waals surface area contributed by atoms with Gasteiger partial charge in [-0.05, 0) is 30.2 Å². The van der Waals surface area contributed by atoms with Gasteiger partial charge in [0.05, 0.1) is 19.2 Å². The molecule has 1 N–H and O–H groups in total. The maximum Gasteiger partial charge on any atom is 0.416 e. The lowest BCUT2D eigenvalue weighted by atomic mass is 10.1. The van der Waals surface area contributed by atoms with Crippen LogP contribution in [-0.2, 0) is 12.6 Å². The smallest absolute Gasteiger partial charge is 0.416 e. The molecule has 1 atom stereocenters. The molecule has 9 heteroatoms. The van der Waals surface area contributed by atoms with Gasteiger partial charge < -0.3 is 19.7 Å². The number of alkyl halides is 3. The first kappa shape index (κ1) is 20.8. The fourth-order valence-electron chi connectivity index (χ4n) is 3.05. The molecule has 29 heavy (non-hydrogen) atoms. The maximum atomic E-state index is 12.8. The van der Waals surface area contributed by atoms with Crippen LogP contribution in [0.1, 0.15) is 17.5 Å². The monoisotopic (exact) mass is 409 g/mol. The average Bonchev–Trinajstić information content (AvgIpc) is 3.16. The Morgan fingerprint density at radius 2 is 2.03 bits per heavy atom. The Morgan fingerprint density at radius 1 is 1.28 bits per heavy atom. The predicted molar refractivity (Wildman–Crippen MR) is 99.9 cm³/mol. The number of methoxy groups -OCH3 is 1. The fourth-order valence-corrected chi connectivity index (χ4v) is 3.05. The van der Waals surface area contributed by atoms with E-state index < -0.39 is 17.8 Å². The molecule has 1 aliphatic heterocycles. The third-order valence-electron chi connectivity index (χ3n) is 4.63. The summed E-state index contributed by atoms with van der Waals surface area (Å²) in [5, 5.41) is 2.85. The lowest BCUT2D eigenvalue weighted by Gasteiger charge is -2.18. The van der Waals surface area contributed by atoms with Gasteiger partial charge in [0.1, 0.15) is 11.9 Å². The van der Waals surface area contributed by atoms with Crippen molar-refractivity contribution in [3.63, 3.8) is 0 Å². The molecule has 2 heterocycles. The van der Waals surface area contributed by atoms with E-state index >= 15 is 0 Å². The third-order valence-corrected chi connectivity index (χ3v) is 4.63. The topological polar surface area (TPSA) is 63.7 Å². The minimum Gasteiger partial charge on any atom is -0.497 e. The van der Waals surface area contributed by atoms with Crippen LogP contribution >= 0.6 is 0 Å². The molecule has 0 aliphatic carbocycles. The molecule has 0 bridgehead atoms. The van der Waals surface area contributed by atoms with Gasteiger partial charge in [-0.15, -0.1) is 0 Å². The standard InChI is InChI=1S/C20H22F3N3O3/c1-28-16-4-2-14(3-5-16)6-9-25-19(27)26-11-8-17(13-26)29-18-12-15(7-10-24-18)20(21,22)23/h2-5,7,10,12,17H,6,8-9,11,13H2,1H3,(H,25,27). The van der Waals surface area contributed by atoms with Crippen LogP contribution in [0, 0.1) is 0 Å². The Labute approximate surface area is 166 Å². The molecule has 2 aromatic rings. The molecule has 1 unspecified atom stereocenters. The van der Waals surface area contributed by atoms with Crippen molar-refractivity contribution >= 4 is 6.03 Å². The Bertz CT molecular complexity index is 828. The van der Waals surface area contributed by atoms with E-state index in [9.17, 15) is 18.0 Å². The minimum atomic E-state index is -4.45. The first-order valence-corrected chi connectivity index (χ1v) is 9.21. The summed E-state index contributed by atoms with van der Waals surface area (Å²) in [7, 11) is 1.60. The number of ether oxygens (including phenoxy) is 2. The zero-order chi connectivity index (χ0) is 20.9. The number of amides is 2. The van der Waals surface area contributed by atoms with E-state index in [2.05, 4.69) is 10.3 Å². The third kappa shape index (κ3) is 5.75. The summed E-state index contributed by atoms with van der Waals surface area (Å²) >= 11 is 0. The van der Waals surface area contributed by atoms with Gasteiger partial charge in [0.25, 0.3) is 0 Å². The zero-order valence-electron chi connectivity index (χ0n) is 15.9. The van der Waals surface area contributed by atoms with E-state index in [4.69, 9.17) is 9.47 Å². The number of hydrogen-bond donors (Lipinski definition) is 1. The van der Waals surface area contributed by atoms with Crippen LogP contribution in [0.25, 0.3) is 0 Å². The second-order valence-electron chi connectivity index (χ2n) is 6.69. The molecule has 1 aliphatic rings. The van der Waals surface area contributed by atoms with Crippen LogP contribution in [0.2, 0.25) is 0 Å². The van der Waals surface area contributed by atoms with Crippen molar-refractivity contribution in [2.45, 2.75) is 25.1 Å². The zero-order valence-corrected chi connectivity index (χ0v) is 15.9. The lowest BCUT2D eigenvalue weighted by molar-refractivity contribution is -0.137. The summed E-state index contributed by atoms with van der Waals surface area (Å²) in [4.78, 5) is 17.7. The van der Waals surface area contributed by atoms with E-state index in [1.165, 1.54) is 0 Å². The summed E-state index contributed by atoms with van der Waals surface area (Å²) < 4.78 is 49.0. The van der Waals surface area contributed by atoms with Crippen molar-refractivity contribution in [1.29, 1.82) is 0 Å². The number of likely N-dealkylation sites (tertiary alicyclic amines) is 1. The number of carbonyl (C=O) groups excluding carboxylic acids is 1. The molecule has 1 saturated heterocycles. The molecular formula is C20H22F3N3O3. The molecule has 6 nitrogen and oxygen atoms in total. The average molecular weight is 409 g/mol. The Morgan fingerprint density at radius 3 is 2.72 bits per heavy atom. The summed E-state index contributed by atoms with van der Waals surface area (Å²) in [6, 6.07) is 9.14. The maximum absolute atomic E-state index is 12.8. The Hall–Kier alpha value is -2.97. The first-order valence-electron chi connectivity index (χ1n) is 9.21. The first-order chi connectivity index (χ1) is 13.8. The van der Waals surface area contributed by atoms with E-state index in [1.807, 2.05) is 24.3 Å². The highest BCUT2D eigenvalue weighted by atomic mass is 19.4. The number of rotatable bonds is 6. The van der Waals surface area contributed by atoms with Gasteiger partial charge in [-0.1, -0.05) is 12.1 Å². The molecule has 3 rings (SSSR count). The highest BCUT2D eigenvalue weighted by Crippen LogP contribution is 2.31. The SMILES string of the molecule is COc1ccc(CCNC(=O)N2CCC(Oc3cc(C(F)(F)F)ccn3)C2)cc1. The van der Waals surface area contributed by atoms with E-state index in [-0.39, 0.29) is 11.9 Å². The number of pyridine rings is 1. The van der Waals surface area contributed by atoms with Gasteiger partial charge in [0, 0.05) is 31.8 Å². The molecule has 0 saturated carbocycles. The molecule has 1 aromatic heterocycles. The minimum absolute atomic E-state index is 0.0911. The highest BCUT2D eigenvalue weighted by Gasteiger charge is 2.32. The van der Waals surface area contributed by atoms with Gasteiger partial charge >= 0.3 is 12.2 Å². The molecule has 1 aromatic carbocycles. The van der Waals surface area contributed by atoms with Gasteiger partial charge in [0.15, 0.2) is 0 Å². The van der Waals surface area contributed by atoms with E-state index in [0.29, 0.717) is 32.5 Å². The van der Waals surface area contributed by atoms with Gasteiger partial charge in [0.2, 0.25) is 5.88 Å². The van der Waals surface area contributed by atoms with Gasteiger partial charge in [-0.25, -0.2) is 9.78 Å². The Balaban J connectivity index is 1.44. The fraction of sp³-hybridized carbons (Fsp3) is 0.400. The summed E-state index contributed by atoms with van der Waals surface area (Å²) in [6.45, 7) is 1.24. The number of carbonyl (C=O) groups is 1. The van der Waals surface area contributed by atoms with Crippen LogP contribution < -0.4 is 14.8 Å². The van der Waals surface area contributed by atoms with Crippen LogP contribution in [-0.4, -0.2) is 48.8 Å². The molecule has 1 fully saturated rings. The number of benzene rings is 1. The predicted octanol–water partition coefficient (Wildman–Crippen LogP) is 3.51.